The van der Waals surface area contributed by atoms with Crippen molar-refractivity contribution in [2.75, 3.05) is 0 Å². The van der Waals surface area contributed by atoms with Crippen LogP contribution in [0.4, 0.5) is 0 Å². The number of aromatic amines is 1. The van der Waals surface area contributed by atoms with Crippen molar-refractivity contribution in [2.24, 2.45) is 0 Å². The lowest BCUT2D eigenvalue weighted by atomic mass is 9.76. The molecule has 0 aliphatic carbocycles. The Labute approximate surface area is 143 Å². The molecular formula is C18H25BClNO2. The minimum absolute atomic E-state index is 0.0404. The maximum atomic E-state index is 6.52. The van der Waals surface area contributed by atoms with Gasteiger partial charge >= 0.3 is 7.12 Å². The Morgan fingerprint density at radius 3 is 2.13 bits per heavy atom. The number of benzene rings is 1. The Balaban J connectivity index is 2.15. The van der Waals surface area contributed by atoms with E-state index in [0.717, 1.165) is 16.4 Å². The van der Waals surface area contributed by atoms with E-state index in [1.54, 1.807) is 0 Å². The molecule has 1 N–H and O–H groups in total. The SMILES string of the molecule is CC(C)(C)c1cc2c(B3OC(C)(C)C(C)(C)O3)c(Cl)ccc2[nH]1. The van der Waals surface area contributed by atoms with Crippen molar-refractivity contribution in [3.63, 3.8) is 0 Å². The number of H-pyrrole nitrogens is 1. The highest BCUT2D eigenvalue weighted by atomic mass is 35.5. The molecule has 1 saturated heterocycles. The van der Waals surface area contributed by atoms with Crippen molar-refractivity contribution in [3.8, 4) is 0 Å². The fraction of sp³-hybridized carbons (Fsp3) is 0.556. The second kappa shape index (κ2) is 5.01. The third-order valence-corrected chi connectivity index (χ3v) is 5.42. The first kappa shape index (κ1) is 16.9. The smallest absolute Gasteiger partial charge is 0.399 e. The zero-order valence-electron chi connectivity index (χ0n) is 15.0. The maximum absolute atomic E-state index is 6.52. The third-order valence-electron chi connectivity index (χ3n) is 5.09. The molecule has 1 aromatic heterocycles. The van der Waals surface area contributed by atoms with Crippen molar-refractivity contribution < 1.29 is 9.31 Å². The van der Waals surface area contributed by atoms with Crippen LogP contribution in [0.3, 0.4) is 0 Å². The Kier molecular flexibility index (Phi) is 3.68. The van der Waals surface area contributed by atoms with Gasteiger partial charge in [0, 0.05) is 32.5 Å². The number of rotatable bonds is 1. The van der Waals surface area contributed by atoms with Gasteiger partial charge in [0.25, 0.3) is 0 Å². The summed E-state index contributed by atoms with van der Waals surface area (Å²) in [6.45, 7) is 14.8. The van der Waals surface area contributed by atoms with Gasteiger partial charge in [0.15, 0.2) is 0 Å². The highest BCUT2D eigenvalue weighted by molar-refractivity contribution is 6.68. The number of hydrogen-bond acceptors (Lipinski definition) is 2. The molecule has 124 valence electrons. The van der Waals surface area contributed by atoms with Gasteiger partial charge in [0.05, 0.1) is 11.2 Å². The van der Waals surface area contributed by atoms with E-state index in [-0.39, 0.29) is 16.6 Å². The molecule has 1 aliphatic heterocycles. The molecular weight excluding hydrogens is 308 g/mol. The number of nitrogens with one attached hydrogen (secondary N) is 1. The lowest BCUT2D eigenvalue weighted by Crippen LogP contribution is -2.41. The molecule has 0 spiro atoms. The summed E-state index contributed by atoms with van der Waals surface area (Å²) in [7, 11) is -0.459. The van der Waals surface area contributed by atoms with Crippen LogP contribution in [0.1, 0.15) is 54.2 Å². The van der Waals surface area contributed by atoms with Crippen LogP contribution in [-0.2, 0) is 14.7 Å². The second-order valence-electron chi connectivity index (χ2n) is 8.44. The molecule has 1 fully saturated rings. The van der Waals surface area contributed by atoms with Crippen LogP contribution in [0.5, 0.6) is 0 Å². The molecule has 0 bridgehead atoms. The first-order chi connectivity index (χ1) is 10.4. The fourth-order valence-corrected chi connectivity index (χ4v) is 3.06. The van der Waals surface area contributed by atoms with Gasteiger partial charge in [0.1, 0.15) is 0 Å². The van der Waals surface area contributed by atoms with Gasteiger partial charge in [-0.3, -0.25) is 0 Å². The van der Waals surface area contributed by atoms with E-state index in [1.165, 1.54) is 5.69 Å². The van der Waals surface area contributed by atoms with Gasteiger partial charge in [0.2, 0.25) is 0 Å². The van der Waals surface area contributed by atoms with Gasteiger partial charge in [-0.25, -0.2) is 0 Å². The molecule has 1 aliphatic rings. The third kappa shape index (κ3) is 2.71. The summed E-state index contributed by atoms with van der Waals surface area (Å²) in [5, 5.41) is 1.75. The van der Waals surface area contributed by atoms with Crippen LogP contribution in [0.2, 0.25) is 5.02 Å². The Hall–Kier alpha value is -0.965. The summed E-state index contributed by atoms with van der Waals surface area (Å²) < 4.78 is 12.4. The molecule has 3 rings (SSSR count). The minimum atomic E-state index is -0.459. The van der Waals surface area contributed by atoms with Crippen molar-refractivity contribution >= 4 is 35.1 Å². The lowest BCUT2D eigenvalue weighted by molar-refractivity contribution is 0.00578. The molecule has 0 atom stereocenters. The maximum Gasteiger partial charge on any atom is 0.497 e. The molecule has 23 heavy (non-hydrogen) atoms. The molecule has 2 heterocycles. The molecule has 3 nitrogen and oxygen atoms in total. The zero-order chi connectivity index (χ0) is 17.2. The summed E-state index contributed by atoms with van der Waals surface area (Å²) in [4.78, 5) is 3.50. The van der Waals surface area contributed by atoms with E-state index < -0.39 is 7.12 Å². The summed E-state index contributed by atoms with van der Waals surface area (Å²) in [6.07, 6.45) is 0. The van der Waals surface area contributed by atoms with Crippen LogP contribution in [0.15, 0.2) is 18.2 Å². The van der Waals surface area contributed by atoms with Gasteiger partial charge < -0.3 is 14.3 Å². The minimum Gasteiger partial charge on any atom is -0.399 e. The van der Waals surface area contributed by atoms with Crippen LogP contribution in [0.25, 0.3) is 10.9 Å². The Morgan fingerprint density at radius 1 is 1.04 bits per heavy atom. The van der Waals surface area contributed by atoms with E-state index in [4.69, 9.17) is 20.9 Å². The van der Waals surface area contributed by atoms with Crippen LogP contribution in [0, 0.1) is 0 Å². The van der Waals surface area contributed by atoms with E-state index in [1.807, 2.05) is 12.1 Å². The summed E-state index contributed by atoms with van der Waals surface area (Å²) >= 11 is 6.52. The van der Waals surface area contributed by atoms with Crippen molar-refractivity contribution in [3.05, 3.63) is 28.9 Å². The fourth-order valence-electron chi connectivity index (χ4n) is 2.80. The Morgan fingerprint density at radius 2 is 1.61 bits per heavy atom. The highest BCUT2D eigenvalue weighted by Crippen LogP contribution is 2.38. The Bertz CT molecular complexity index is 742. The first-order valence-electron chi connectivity index (χ1n) is 8.10. The van der Waals surface area contributed by atoms with Gasteiger partial charge in [-0.2, -0.15) is 0 Å². The summed E-state index contributed by atoms with van der Waals surface area (Å²) in [6, 6.07) is 6.09. The average molecular weight is 334 g/mol. The topological polar surface area (TPSA) is 34.2 Å². The van der Waals surface area contributed by atoms with Crippen LogP contribution >= 0.6 is 11.6 Å². The van der Waals surface area contributed by atoms with E-state index >= 15 is 0 Å². The van der Waals surface area contributed by atoms with Crippen LogP contribution < -0.4 is 5.46 Å². The molecule has 0 saturated carbocycles. The molecule has 5 heteroatoms. The standard InChI is InChI=1S/C18H25BClNO2/c1-16(2,3)14-10-11-13(21-14)9-8-12(20)15(11)19-22-17(4,5)18(6,7)23-19/h8-10,21H,1-7H3. The molecule has 0 unspecified atom stereocenters. The summed E-state index contributed by atoms with van der Waals surface area (Å²) in [5.74, 6) is 0. The normalized spacial score (nSPS) is 20.4. The first-order valence-corrected chi connectivity index (χ1v) is 8.47. The molecule has 0 amide bonds. The van der Waals surface area contributed by atoms with Gasteiger partial charge in [-0.1, -0.05) is 32.4 Å². The lowest BCUT2D eigenvalue weighted by Gasteiger charge is -2.32. The van der Waals surface area contributed by atoms with Crippen molar-refractivity contribution in [2.45, 2.75) is 65.1 Å². The number of aromatic nitrogens is 1. The van der Waals surface area contributed by atoms with E-state index in [2.05, 4.69) is 59.5 Å². The predicted octanol–water partition coefficient (Wildman–Crippen LogP) is 4.42. The molecule has 2 aromatic rings. The van der Waals surface area contributed by atoms with Crippen molar-refractivity contribution in [1.29, 1.82) is 0 Å². The van der Waals surface area contributed by atoms with Crippen LogP contribution in [-0.4, -0.2) is 23.3 Å². The number of hydrogen-bond donors (Lipinski definition) is 1. The number of fused-ring (bicyclic) bond motifs is 1. The number of halogens is 1. The average Bonchev–Trinajstić information content (AvgIpc) is 2.88. The van der Waals surface area contributed by atoms with Gasteiger partial charge in [-0.05, 0) is 45.9 Å². The molecule has 1 aromatic carbocycles. The predicted molar refractivity (Wildman–Crippen MR) is 97.7 cm³/mol. The van der Waals surface area contributed by atoms with E-state index in [9.17, 15) is 0 Å². The summed E-state index contributed by atoms with van der Waals surface area (Å²) in [5.41, 5.74) is 2.42. The largest absolute Gasteiger partial charge is 0.497 e. The van der Waals surface area contributed by atoms with E-state index in [0.29, 0.717) is 5.02 Å². The monoisotopic (exact) mass is 333 g/mol. The molecule has 0 radical (unpaired) electrons. The zero-order valence-corrected chi connectivity index (χ0v) is 15.8. The highest BCUT2D eigenvalue weighted by Gasteiger charge is 2.52. The van der Waals surface area contributed by atoms with Gasteiger partial charge in [-0.15, -0.1) is 0 Å². The quantitative estimate of drug-likeness (QED) is 0.784. The second-order valence-corrected chi connectivity index (χ2v) is 8.85. The van der Waals surface area contributed by atoms with Crippen molar-refractivity contribution in [1.82, 2.24) is 4.98 Å².